The molecule has 0 saturated heterocycles. The molecule has 0 amide bonds. The van der Waals surface area contributed by atoms with Gasteiger partial charge in [0, 0.05) is 0 Å². The van der Waals surface area contributed by atoms with E-state index >= 15 is 0 Å². The summed E-state index contributed by atoms with van der Waals surface area (Å²) in [6.45, 7) is 0.553. The molecule has 0 radical (unpaired) electrons. The minimum Gasteiger partial charge on any atom is -0.244 e. The Bertz CT molecular complexity index is 133. The summed E-state index contributed by atoms with van der Waals surface area (Å²) < 4.78 is 59.4. The number of allylic oxidation sites excluding steroid dienone is 1. The van der Waals surface area contributed by atoms with E-state index in [-0.39, 0.29) is 0 Å². The van der Waals surface area contributed by atoms with Gasteiger partial charge in [0.2, 0.25) is 6.17 Å². The third-order valence-corrected chi connectivity index (χ3v) is 1.09. The molecule has 0 fully saturated rings. The lowest BCUT2D eigenvalue weighted by Gasteiger charge is -2.18. The minimum atomic E-state index is -4.26. The fraction of sp³-hybridized carbons (Fsp3) is 0.667. The molecule has 0 heterocycles. The van der Waals surface area contributed by atoms with Crippen LogP contribution >= 0.6 is 0 Å². The fourth-order valence-corrected chi connectivity index (χ4v) is 0.426. The van der Waals surface area contributed by atoms with Crippen molar-refractivity contribution < 1.29 is 22.0 Å². The molecule has 0 aliphatic carbocycles. The van der Waals surface area contributed by atoms with Crippen molar-refractivity contribution in [1.29, 1.82) is 0 Å². The van der Waals surface area contributed by atoms with Gasteiger partial charge in [-0.25, -0.2) is 22.0 Å². The van der Waals surface area contributed by atoms with E-state index in [4.69, 9.17) is 0 Å². The minimum absolute atomic E-state index is 0.369. The van der Waals surface area contributed by atoms with Gasteiger partial charge in [0.15, 0.2) is 12.8 Å². The Morgan fingerprint density at radius 3 is 2.09 bits per heavy atom. The van der Waals surface area contributed by atoms with Crippen LogP contribution in [-0.2, 0) is 0 Å². The molecular weight excluding hydrogens is 167 g/mol. The standard InChI is InChI=1S/C6H7F5/c1-2-4(8)5(9)6(10,11)3-7/h2,4-5H,1,3H2. The highest BCUT2D eigenvalue weighted by molar-refractivity contribution is 4.92. The predicted octanol–water partition coefficient (Wildman–Crippen LogP) is 2.45. The molecule has 0 aromatic rings. The molecule has 0 nitrogen and oxygen atoms in total. The van der Waals surface area contributed by atoms with Gasteiger partial charge < -0.3 is 0 Å². The second-order valence-corrected chi connectivity index (χ2v) is 1.98. The molecule has 0 rings (SSSR count). The number of halogens is 5. The van der Waals surface area contributed by atoms with Crippen LogP contribution in [-0.4, -0.2) is 24.9 Å². The van der Waals surface area contributed by atoms with Crippen molar-refractivity contribution in [3.8, 4) is 0 Å². The van der Waals surface area contributed by atoms with Crippen molar-refractivity contribution in [2.75, 3.05) is 6.67 Å². The Morgan fingerprint density at radius 1 is 1.36 bits per heavy atom. The van der Waals surface area contributed by atoms with E-state index in [9.17, 15) is 22.0 Å². The molecule has 2 atom stereocenters. The lowest BCUT2D eigenvalue weighted by atomic mass is 10.1. The first-order valence-corrected chi connectivity index (χ1v) is 2.80. The second-order valence-electron chi connectivity index (χ2n) is 1.98. The average Bonchev–Trinajstić information content (AvgIpc) is 2.01. The average molecular weight is 174 g/mol. The monoisotopic (exact) mass is 174 g/mol. The Balaban J connectivity index is 4.21. The lowest BCUT2D eigenvalue weighted by Crippen LogP contribution is -2.38. The van der Waals surface area contributed by atoms with Gasteiger partial charge in [-0.3, -0.25) is 0 Å². The van der Waals surface area contributed by atoms with E-state index in [0.29, 0.717) is 6.08 Å². The molecule has 0 bridgehead atoms. The van der Waals surface area contributed by atoms with Crippen LogP contribution in [0.25, 0.3) is 0 Å². The molecule has 0 aromatic heterocycles. The van der Waals surface area contributed by atoms with Gasteiger partial charge in [-0.15, -0.1) is 6.58 Å². The Morgan fingerprint density at radius 2 is 1.82 bits per heavy atom. The van der Waals surface area contributed by atoms with Crippen LogP contribution in [0.5, 0.6) is 0 Å². The molecule has 0 aliphatic heterocycles. The smallest absolute Gasteiger partial charge is 0.244 e. The maximum atomic E-state index is 12.1. The highest BCUT2D eigenvalue weighted by Gasteiger charge is 2.44. The largest absolute Gasteiger partial charge is 0.309 e. The van der Waals surface area contributed by atoms with Gasteiger partial charge in [0.1, 0.15) is 0 Å². The van der Waals surface area contributed by atoms with Crippen molar-refractivity contribution in [2.24, 2.45) is 0 Å². The quantitative estimate of drug-likeness (QED) is 0.453. The Labute approximate surface area is 60.7 Å². The molecule has 0 spiro atoms. The van der Waals surface area contributed by atoms with E-state index in [1.807, 2.05) is 0 Å². The third kappa shape index (κ3) is 2.48. The van der Waals surface area contributed by atoms with Crippen molar-refractivity contribution >= 4 is 0 Å². The summed E-state index contributed by atoms with van der Waals surface area (Å²) in [5.74, 6) is -4.26. The SMILES string of the molecule is C=CC(F)C(F)C(F)(F)CF. The molecule has 0 saturated carbocycles. The maximum absolute atomic E-state index is 12.1. The van der Waals surface area contributed by atoms with E-state index in [0.717, 1.165) is 0 Å². The Hall–Kier alpha value is -0.610. The van der Waals surface area contributed by atoms with Crippen LogP contribution in [0.4, 0.5) is 22.0 Å². The van der Waals surface area contributed by atoms with E-state index in [1.165, 1.54) is 0 Å². The molecule has 2 unspecified atom stereocenters. The third-order valence-electron chi connectivity index (χ3n) is 1.09. The molecule has 0 aliphatic rings. The van der Waals surface area contributed by atoms with E-state index < -0.39 is 24.9 Å². The van der Waals surface area contributed by atoms with Crippen LogP contribution in [0, 0.1) is 0 Å². The van der Waals surface area contributed by atoms with Crippen LogP contribution in [0.3, 0.4) is 0 Å². The van der Waals surface area contributed by atoms with Crippen molar-refractivity contribution in [1.82, 2.24) is 0 Å². The zero-order valence-corrected chi connectivity index (χ0v) is 5.54. The lowest BCUT2D eigenvalue weighted by molar-refractivity contribution is -0.105. The van der Waals surface area contributed by atoms with Crippen molar-refractivity contribution in [3.63, 3.8) is 0 Å². The molecule has 11 heavy (non-hydrogen) atoms. The number of rotatable bonds is 4. The predicted molar refractivity (Wildman–Crippen MR) is 30.9 cm³/mol. The van der Waals surface area contributed by atoms with Crippen LogP contribution in [0.1, 0.15) is 0 Å². The summed E-state index contributed by atoms with van der Waals surface area (Å²) in [4.78, 5) is 0. The van der Waals surface area contributed by atoms with Gasteiger partial charge in [-0.2, -0.15) is 0 Å². The normalized spacial score (nSPS) is 17.5. The summed E-state index contributed by atoms with van der Waals surface area (Å²) in [5, 5.41) is 0. The summed E-state index contributed by atoms with van der Waals surface area (Å²) in [5.41, 5.74) is 0. The molecule has 66 valence electrons. The number of hydrogen-bond donors (Lipinski definition) is 0. The summed E-state index contributed by atoms with van der Waals surface area (Å²) in [7, 11) is 0. The maximum Gasteiger partial charge on any atom is 0.309 e. The molecule has 0 aromatic carbocycles. The van der Waals surface area contributed by atoms with Gasteiger partial charge in [-0.05, 0) is 0 Å². The highest BCUT2D eigenvalue weighted by Crippen LogP contribution is 2.26. The molecule has 0 N–H and O–H groups in total. The first-order chi connectivity index (χ1) is 4.95. The second kappa shape index (κ2) is 3.69. The zero-order chi connectivity index (χ0) is 9.07. The molecular formula is C6H7F5. The van der Waals surface area contributed by atoms with Crippen LogP contribution in [0.2, 0.25) is 0 Å². The van der Waals surface area contributed by atoms with Crippen molar-refractivity contribution in [2.45, 2.75) is 18.3 Å². The van der Waals surface area contributed by atoms with Crippen LogP contribution in [0.15, 0.2) is 12.7 Å². The fourth-order valence-electron chi connectivity index (χ4n) is 0.426. The van der Waals surface area contributed by atoms with Gasteiger partial charge in [0.25, 0.3) is 0 Å². The van der Waals surface area contributed by atoms with Crippen LogP contribution < -0.4 is 0 Å². The topological polar surface area (TPSA) is 0 Å². The van der Waals surface area contributed by atoms with Gasteiger partial charge in [0.05, 0.1) is 0 Å². The van der Waals surface area contributed by atoms with Gasteiger partial charge in [-0.1, -0.05) is 6.08 Å². The highest BCUT2D eigenvalue weighted by atomic mass is 19.3. The first kappa shape index (κ1) is 10.4. The summed E-state index contributed by atoms with van der Waals surface area (Å²) in [6.07, 6.45) is -5.31. The van der Waals surface area contributed by atoms with E-state index in [2.05, 4.69) is 6.58 Å². The number of hydrogen-bond acceptors (Lipinski definition) is 0. The van der Waals surface area contributed by atoms with Gasteiger partial charge >= 0.3 is 5.92 Å². The zero-order valence-electron chi connectivity index (χ0n) is 5.54. The summed E-state index contributed by atoms with van der Waals surface area (Å²) >= 11 is 0. The van der Waals surface area contributed by atoms with Crippen molar-refractivity contribution in [3.05, 3.63) is 12.7 Å². The summed E-state index contributed by atoms with van der Waals surface area (Å²) in [6, 6.07) is 0. The van der Waals surface area contributed by atoms with E-state index in [1.54, 1.807) is 0 Å². The Kier molecular flexibility index (Phi) is 3.48. The first-order valence-electron chi connectivity index (χ1n) is 2.80. The molecule has 5 heteroatoms. The number of alkyl halides is 5.